The number of para-hydroxylation sites is 1. The van der Waals surface area contributed by atoms with Gasteiger partial charge in [0.2, 0.25) is 0 Å². The number of nitrogens with zero attached hydrogens (tertiary/aromatic N) is 1. The summed E-state index contributed by atoms with van der Waals surface area (Å²) >= 11 is 8.64. The third kappa shape index (κ3) is 6.34. The molecule has 3 rings (SSSR count). The lowest BCUT2D eigenvalue weighted by atomic mass is 10.2. The van der Waals surface area contributed by atoms with Gasteiger partial charge in [-0.15, -0.1) is 0 Å². The van der Waals surface area contributed by atoms with Crippen LogP contribution in [0.25, 0.3) is 0 Å². The van der Waals surface area contributed by atoms with Gasteiger partial charge in [0.15, 0.2) is 5.11 Å². The first-order valence-electron chi connectivity index (χ1n) is 10.3. The highest BCUT2D eigenvalue weighted by molar-refractivity contribution is 9.10. The Morgan fingerprint density at radius 1 is 1.03 bits per heavy atom. The van der Waals surface area contributed by atoms with Crippen molar-refractivity contribution in [2.45, 2.75) is 24.8 Å². The molecule has 0 heterocycles. The molecule has 178 valence electrons. The van der Waals surface area contributed by atoms with E-state index in [1.807, 2.05) is 19.9 Å². The third-order valence-electron chi connectivity index (χ3n) is 4.67. The molecule has 0 fully saturated rings. The van der Waals surface area contributed by atoms with Crippen LogP contribution in [0.5, 0.6) is 5.75 Å². The highest BCUT2D eigenvalue weighted by atomic mass is 79.9. The van der Waals surface area contributed by atoms with Crippen molar-refractivity contribution < 1.29 is 17.9 Å². The van der Waals surface area contributed by atoms with E-state index in [1.54, 1.807) is 54.6 Å². The second-order valence-electron chi connectivity index (χ2n) is 7.55. The predicted octanol–water partition coefficient (Wildman–Crippen LogP) is 5.19. The molecule has 10 heteroatoms. The molecule has 7 nitrogen and oxygen atoms in total. The van der Waals surface area contributed by atoms with Gasteiger partial charge < -0.3 is 10.1 Å². The molecule has 34 heavy (non-hydrogen) atoms. The molecule has 0 atom stereocenters. The third-order valence-corrected chi connectivity index (χ3v) is 7.30. The molecule has 3 aromatic carbocycles. The number of halogens is 1. The number of hydrogen-bond donors (Lipinski definition) is 2. The van der Waals surface area contributed by atoms with E-state index in [4.69, 9.17) is 17.0 Å². The quantitative estimate of drug-likeness (QED) is 0.386. The first kappa shape index (κ1) is 25.7. The summed E-state index contributed by atoms with van der Waals surface area (Å²) in [6.45, 7) is 3.83. The van der Waals surface area contributed by atoms with Crippen molar-refractivity contribution in [1.82, 2.24) is 5.32 Å². The Morgan fingerprint density at radius 3 is 2.26 bits per heavy atom. The summed E-state index contributed by atoms with van der Waals surface area (Å²) in [7, 11) is -2.22. The first-order valence-corrected chi connectivity index (χ1v) is 12.9. The minimum Gasteiger partial charge on any atom is -0.490 e. The highest BCUT2D eigenvalue weighted by Gasteiger charge is 2.21. The molecule has 0 aliphatic heterocycles. The minimum atomic E-state index is -3.72. The lowest BCUT2D eigenvalue weighted by Crippen LogP contribution is -2.34. The number of amides is 1. The van der Waals surface area contributed by atoms with Crippen molar-refractivity contribution >= 4 is 60.6 Å². The average molecular weight is 563 g/mol. The second-order valence-corrected chi connectivity index (χ2v) is 10.8. The highest BCUT2D eigenvalue weighted by Crippen LogP contribution is 2.27. The Morgan fingerprint density at radius 2 is 1.68 bits per heavy atom. The number of nitrogens with one attached hydrogen (secondary N) is 2. The van der Waals surface area contributed by atoms with E-state index in [2.05, 4.69) is 26.6 Å². The van der Waals surface area contributed by atoms with Crippen molar-refractivity contribution in [3.8, 4) is 5.75 Å². The van der Waals surface area contributed by atoms with Crippen molar-refractivity contribution in [2.24, 2.45) is 0 Å². The van der Waals surface area contributed by atoms with Gasteiger partial charge in [-0.3, -0.25) is 14.4 Å². The van der Waals surface area contributed by atoms with E-state index < -0.39 is 15.9 Å². The van der Waals surface area contributed by atoms with Crippen molar-refractivity contribution in [3.63, 3.8) is 0 Å². The maximum absolute atomic E-state index is 12.9. The molecule has 0 aliphatic carbocycles. The molecule has 0 radical (unpaired) electrons. The van der Waals surface area contributed by atoms with Gasteiger partial charge in [-0.25, -0.2) is 8.42 Å². The zero-order valence-electron chi connectivity index (χ0n) is 18.8. The molecule has 0 unspecified atom stereocenters. The van der Waals surface area contributed by atoms with E-state index in [-0.39, 0.29) is 16.1 Å². The number of sulfonamides is 1. The fourth-order valence-electron chi connectivity index (χ4n) is 2.97. The summed E-state index contributed by atoms with van der Waals surface area (Å²) in [6, 6.07) is 19.9. The maximum atomic E-state index is 12.9. The van der Waals surface area contributed by atoms with E-state index in [9.17, 15) is 13.2 Å². The lowest BCUT2D eigenvalue weighted by molar-refractivity contribution is 0.0977. The van der Waals surface area contributed by atoms with Crippen LogP contribution in [0, 0.1) is 0 Å². The normalized spacial score (nSPS) is 11.1. The number of anilines is 2. The number of thiocarbonyl (C=S) groups is 1. The number of rotatable bonds is 7. The number of carbonyl (C=O) groups is 1. The Labute approximate surface area is 213 Å². The second kappa shape index (κ2) is 11.0. The van der Waals surface area contributed by atoms with Crippen LogP contribution < -0.4 is 19.7 Å². The van der Waals surface area contributed by atoms with Gasteiger partial charge in [0, 0.05) is 18.3 Å². The number of benzene rings is 3. The van der Waals surface area contributed by atoms with E-state index in [0.29, 0.717) is 27.2 Å². The van der Waals surface area contributed by atoms with Gasteiger partial charge in [0.25, 0.3) is 15.9 Å². The lowest BCUT2D eigenvalue weighted by Gasteiger charge is -2.19. The molecular formula is C24H24BrN3O4S2. The van der Waals surface area contributed by atoms with Gasteiger partial charge >= 0.3 is 0 Å². The van der Waals surface area contributed by atoms with Gasteiger partial charge in [0.1, 0.15) is 5.75 Å². The Hall–Kier alpha value is -2.95. The summed E-state index contributed by atoms with van der Waals surface area (Å²) in [6.07, 6.45) is 0.00729. The Balaban J connectivity index is 1.63. The molecule has 2 N–H and O–H groups in total. The summed E-state index contributed by atoms with van der Waals surface area (Å²) in [5.74, 6) is 0.248. The molecule has 3 aromatic rings. The smallest absolute Gasteiger partial charge is 0.264 e. The van der Waals surface area contributed by atoms with Crippen LogP contribution in [-0.4, -0.2) is 32.6 Å². The average Bonchev–Trinajstić information content (AvgIpc) is 2.80. The standard InChI is InChI=1S/C24H24BrN3O4S2/c1-16(2)32-22-14-9-17(15-21(22)25)23(29)27-24(33)26-18-10-12-20(13-11-18)34(30,31)28(3)19-7-5-4-6-8-19/h4-16H,1-3H3,(H2,26,27,29,33). The minimum absolute atomic E-state index is 0.00729. The summed E-state index contributed by atoms with van der Waals surface area (Å²) < 4.78 is 33.3. The fourth-order valence-corrected chi connectivity index (χ4v) is 4.85. The molecule has 1 amide bonds. The van der Waals surface area contributed by atoms with Gasteiger partial charge in [0.05, 0.1) is 21.2 Å². The van der Waals surface area contributed by atoms with Gasteiger partial charge in [-0.05, 0) is 96.6 Å². The van der Waals surface area contributed by atoms with E-state index >= 15 is 0 Å². The van der Waals surface area contributed by atoms with E-state index in [0.717, 1.165) is 0 Å². The summed E-state index contributed by atoms with van der Waals surface area (Å²) in [4.78, 5) is 12.7. The molecule has 0 spiro atoms. The molecule has 0 saturated carbocycles. The van der Waals surface area contributed by atoms with Crippen LogP contribution in [0.15, 0.2) is 82.2 Å². The van der Waals surface area contributed by atoms with Crippen LogP contribution in [0.3, 0.4) is 0 Å². The predicted molar refractivity (Wildman–Crippen MR) is 142 cm³/mol. The zero-order valence-corrected chi connectivity index (χ0v) is 22.0. The Kier molecular flexibility index (Phi) is 8.29. The maximum Gasteiger partial charge on any atom is 0.264 e. The first-order chi connectivity index (χ1) is 16.1. The van der Waals surface area contributed by atoms with Crippen LogP contribution >= 0.6 is 28.1 Å². The number of ether oxygens (including phenoxy) is 1. The van der Waals surface area contributed by atoms with Gasteiger partial charge in [-0.1, -0.05) is 18.2 Å². The summed E-state index contributed by atoms with van der Waals surface area (Å²) in [5, 5.41) is 5.58. The number of carbonyl (C=O) groups excluding carboxylic acids is 1. The monoisotopic (exact) mass is 561 g/mol. The number of hydrogen-bond acceptors (Lipinski definition) is 5. The van der Waals surface area contributed by atoms with Crippen molar-refractivity contribution in [3.05, 3.63) is 82.8 Å². The Bertz CT molecular complexity index is 1280. The van der Waals surface area contributed by atoms with Crippen LogP contribution in [0.1, 0.15) is 24.2 Å². The molecule has 0 saturated heterocycles. The van der Waals surface area contributed by atoms with Gasteiger partial charge in [-0.2, -0.15) is 0 Å². The SMILES string of the molecule is CC(C)Oc1ccc(C(=O)NC(=S)Nc2ccc(S(=O)(=O)N(C)c3ccccc3)cc2)cc1Br. The van der Waals surface area contributed by atoms with Crippen LogP contribution in [0.2, 0.25) is 0 Å². The molecule has 0 bridgehead atoms. The zero-order chi connectivity index (χ0) is 24.9. The van der Waals surface area contributed by atoms with Crippen molar-refractivity contribution in [1.29, 1.82) is 0 Å². The van der Waals surface area contributed by atoms with Crippen LogP contribution in [-0.2, 0) is 10.0 Å². The van der Waals surface area contributed by atoms with E-state index in [1.165, 1.54) is 23.5 Å². The fraction of sp³-hybridized carbons (Fsp3) is 0.167. The molecule has 0 aliphatic rings. The topological polar surface area (TPSA) is 87.7 Å². The van der Waals surface area contributed by atoms with Crippen LogP contribution in [0.4, 0.5) is 11.4 Å². The molecule has 0 aromatic heterocycles. The molecular weight excluding hydrogens is 538 g/mol. The largest absolute Gasteiger partial charge is 0.490 e. The van der Waals surface area contributed by atoms with Crippen molar-refractivity contribution in [2.75, 3.05) is 16.7 Å². The summed E-state index contributed by atoms with van der Waals surface area (Å²) in [5.41, 5.74) is 1.50.